The van der Waals surface area contributed by atoms with Crippen LogP contribution in [0.2, 0.25) is 0 Å². The van der Waals surface area contributed by atoms with E-state index in [9.17, 15) is 0 Å². The zero-order valence-corrected chi connectivity index (χ0v) is 12.6. The Kier molecular flexibility index (Phi) is 4.91. The van der Waals surface area contributed by atoms with Gasteiger partial charge in [-0.1, -0.05) is 30.4 Å². The molecule has 0 unspecified atom stereocenters. The fourth-order valence-electron chi connectivity index (χ4n) is 2.67. The lowest BCUT2D eigenvalue weighted by Gasteiger charge is -2.35. The first-order valence-corrected chi connectivity index (χ1v) is 7.24. The van der Waals surface area contributed by atoms with Gasteiger partial charge in [-0.3, -0.25) is 4.90 Å². The summed E-state index contributed by atoms with van der Waals surface area (Å²) in [6.07, 6.45) is 2.50. The summed E-state index contributed by atoms with van der Waals surface area (Å²) in [5.74, 6) is 0. The van der Waals surface area contributed by atoms with Crippen LogP contribution in [-0.4, -0.2) is 48.0 Å². The number of nitrogens with two attached hydrogens (primary N) is 1. The van der Waals surface area contributed by atoms with E-state index in [-0.39, 0.29) is 0 Å². The summed E-state index contributed by atoms with van der Waals surface area (Å²) in [5.41, 5.74) is 7.95. The van der Waals surface area contributed by atoms with Gasteiger partial charge >= 0.3 is 0 Å². The Morgan fingerprint density at radius 3 is 2.63 bits per heavy atom. The van der Waals surface area contributed by atoms with Crippen molar-refractivity contribution in [3.8, 4) is 0 Å². The second kappa shape index (κ2) is 6.46. The average molecular weight is 277 g/mol. The molecule has 0 saturated carbocycles. The molecule has 1 aliphatic heterocycles. The van der Waals surface area contributed by atoms with Gasteiger partial charge in [0.1, 0.15) is 4.99 Å². The van der Waals surface area contributed by atoms with Crippen LogP contribution in [0.3, 0.4) is 0 Å². The first-order chi connectivity index (χ1) is 9.06. The normalized spacial score (nSPS) is 17.8. The van der Waals surface area contributed by atoms with Crippen LogP contribution in [0.1, 0.15) is 24.0 Å². The molecule has 1 saturated heterocycles. The summed E-state index contributed by atoms with van der Waals surface area (Å²) in [6, 6.07) is 9.01. The van der Waals surface area contributed by atoms with E-state index < -0.39 is 0 Å². The van der Waals surface area contributed by atoms with E-state index in [0.717, 1.165) is 18.2 Å². The highest BCUT2D eigenvalue weighted by molar-refractivity contribution is 7.80. The van der Waals surface area contributed by atoms with Gasteiger partial charge < -0.3 is 10.6 Å². The van der Waals surface area contributed by atoms with E-state index in [1.807, 2.05) is 12.1 Å². The molecule has 1 aliphatic rings. The molecular weight excluding hydrogens is 254 g/mol. The first-order valence-electron chi connectivity index (χ1n) is 6.84. The molecule has 0 bridgehead atoms. The number of hydrogen-bond donors (Lipinski definition) is 1. The molecule has 0 atom stereocenters. The highest BCUT2D eigenvalue weighted by atomic mass is 32.1. The predicted molar refractivity (Wildman–Crippen MR) is 84.3 cm³/mol. The van der Waals surface area contributed by atoms with Crippen molar-refractivity contribution in [1.29, 1.82) is 0 Å². The second-order valence-corrected chi connectivity index (χ2v) is 5.98. The van der Waals surface area contributed by atoms with Gasteiger partial charge in [0.2, 0.25) is 0 Å². The van der Waals surface area contributed by atoms with E-state index in [1.54, 1.807) is 0 Å². The van der Waals surface area contributed by atoms with E-state index in [0.29, 0.717) is 4.99 Å². The first kappa shape index (κ1) is 14.4. The van der Waals surface area contributed by atoms with Crippen molar-refractivity contribution in [2.24, 2.45) is 5.73 Å². The Morgan fingerprint density at radius 1 is 1.37 bits per heavy atom. The van der Waals surface area contributed by atoms with Crippen molar-refractivity contribution in [2.45, 2.75) is 25.4 Å². The summed E-state index contributed by atoms with van der Waals surface area (Å²) < 4.78 is 0. The van der Waals surface area contributed by atoms with E-state index in [2.05, 4.69) is 36.0 Å². The highest BCUT2D eigenvalue weighted by Crippen LogP contribution is 2.17. The van der Waals surface area contributed by atoms with Crippen molar-refractivity contribution in [1.82, 2.24) is 9.80 Å². The second-order valence-electron chi connectivity index (χ2n) is 5.54. The minimum atomic E-state index is 0.480. The maximum atomic E-state index is 5.68. The molecule has 2 N–H and O–H groups in total. The standard InChI is InChI=1S/C15H23N3S/c1-17(2)14-6-8-18(9-7-14)11-12-4-3-5-13(10-12)15(16)19/h3-5,10,14H,6-9,11H2,1-2H3,(H2,16,19). The van der Waals surface area contributed by atoms with Crippen LogP contribution < -0.4 is 5.73 Å². The Hall–Kier alpha value is -0.970. The van der Waals surface area contributed by atoms with Crippen LogP contribution in [0.4, 0.5) is 0 Å². The van der Waals surface area contributed by atoms with Crippen LogP contribution in [0.25, 0.3) is 0 Å². The minimum Gasteiger partial charge on any atom is -0.389 e. The van der Waals surface area contributed by atoms with Crippen LogP contribution in [0.15, 0.2) is 24.3 Å². The number of piperidine rings is 1. The van der Waals surface area contributed by atoms with Gasteiger partial charge in [-0.15, -0.1) is 0 Å². The van der Waals surface area contributed by atoms with Gasteiger partial charge in [0, 0.05) is 18.2 Å². The van der Waals surface area contributed by atoms with Gasteiger partial charge in [-0.2, -0.15) is 0 Å². The summed E-state index contributed by atoms with van der Waals surface area (Å²) in [5, 5.41) is 0. The van der Waals surface area contributed by atoms with Crippen LogP contribution in [0.5, 0.6) is 0 Å². The Balaban J connectivity index is 1.92. The molecule has 0 radical (unpaired) electrons. The monoisotopic (exact) mass is 277 g/mol. The fourth-order valence-corrected chi connectivity index (χ4v) is 2.80. The van der Waals surface area contributed by atoms with Crippen molar-refractivity contribution < 1.29 is 0 Å². The third kappa shape index (κ3) is 4.00. The van der Waals surface area contributed by atoms with Crippen molar-refractivity contribution >= 4 is 17.2 Å². The third-order valence-electron chi connectivity index (χ3n) is 3.91. The van der Waals surface area contributed by atoms with Gasteiger partial charge in [0.25, 0.3) is 0 Å². The van der Waals surface area contributed by atoms with Gasteiger partial charge in [-0.25, -0.2) is 0 Å². The number of benzene rings is 1. The molecule has 1 aromatic rings. The molecule has 0 spiro atoms. The van der Waals surface area contributed by atoms with Gasteiger partial charge in [0.15, 0.2) is 0 Å². The Morgan fingerprint density at radius 2 is 2.05 bits per heavy atom. The molecule has 1 heterocycles. The average Bonchev–Trinajstić information content (AvgIpc) is 2.39. The molecular formula is C15H23N3S. The summed E-state index contributed by atoms with van der Waals surface area (Å²) in [6.45, 7) is 3.33. The largest absolute Gasteiger partial charge is 0.389 e. The number of likely N-dealkylation sites (tertiary alicyclic amines) is 1. The SMILES string of the molecule is CN(C)C1CCN(Cc2cccc(C(N)=S)c2)CC1. The highest BCUT2D eigenvalue weighted by Gasteiger charge is 2.20. The van der Waals surface area contributed by atoms with Crippen LogP contribution >= 0.6 is 12.2 Å². The van der Waals surface area contributed by atoms with Crippen LogP contribution in [-0.2, 0) is 6.54 Å². The van der Waals surface area contributed by atoms with Crippen molar-refractivity contribution in [3.05, 3.63) is 35.4 Å². The lowest BCUT2D eigenvalue weighted by Crippen LogP contribution is -2.41. The molecule has 0 amide bonds. The molecule has 104 valence electrons. The molecule has 0 aromatic heterocycles. The smallest absolute Gasteiger partial charge is 0.103 e. The number of thiocarbonyl (C=S) groups is 1. The summed E-state index contributed by atoms with van der Waals surface area (Å²) >= 11 is 5.03. The molecule has 1 fully saturated rings. The summed E-state index contributed by atoms with van der Waals surface area (Å²) in [7, 11) is 4.35. The molecule has 2 rings (SSSR count). The zero-order valence-electron chi connectivity index (χ0n) is 11.8. The number of hydrogen-bond acceptors (Lipinski definition) is 3. The van der Waals surface area contributed by atoms with Crippen molar-refractivity contribution in [3.63, 3.8) is 0 Å². The van der Waals surface area contributed by atoms with E-state index >= 15 is 0 Å². The lowest BCUT2D eigenvalue weighted by molar-refractivity contribution is 0.140. The maximum absolute atomic E-state index is 5.68. The van der Waals surface area contributed by atoms with E-state index in [4.69, 9.17) is 18.0 Å². The van der Waals surface area contributed by atoms with Gasteiger partial charge in [-0.05, 0) is 51.7 Å². The molecule has 0 aliphatic carbocycles. The van der Waals surface area contributed by atoms with Gasteiger partial charge in [0.05, 0.1) is 0 Å². The third-order valence-corrected chi connectivity index (χ3v) is 4.14. The van der Waals surface area contributed by atoms with Crippen LogP contribution in [0, 0.1) is 0 Å². The maximum Gasteiger partial charge on any atom is 0.103 e. The lowest BCUT2D eigenvalue weighted by atomic mass is 10.0. The minimum absolute atomic E-state index is 0.480. The molecule has 19 heavy (non-hydrogen) atoms. The number of rotatable bonds is 4. The molecule has 4 heteroatoms. The summed E-state index contributed by atoms with van der Waals surface area (Å²) in [4.78, 5) is 5.33. The predicted octanol–water partition coefficient (Wildman–Crippen LogP) is 1.85. The van der Waals surface area contributed by atoms with E-state index in [1.165, 1.54) is 31.5 Å². The Labute approximate surface area is 121 Å². The quantitative estimate of drug-likeness (QED) is 0.851. The topological polar surface area (TPSA) is 32.5 Å². The number of nitrogens with zero attached hydrogens (tertiary/aromatic N) is 2. The molecule has 3 nitrogen and oxygen atoms in total. The zero-order chi connectivity index (χ0) is 13.8. The fraction of sp³-hybridized carbons (Fsp3) is 0.533. The molecule has 1 aromatic carbocycles. The Bertz CT molecular complexity index is 437. The van der Waals surface area contributed by atoms with Crippen molar-refractivity contribution in [2.75, 3.05) is 27.2 Å².